The van der Waals surface area contributed by atoms with Crippen LogP contribution in [0, 0.1) is 0 Å². The fourth-order valence-electron chi connectivity index (χ4n) is 2.58. The average molecular weight is 340 g/mol. The van der Waals surface area contributed by atoms with Gasteiger partial charge in [-0.2, -0.15) is 18.3 Å². The molecule has 5 nitrogen and oxygen atoms in total. The molecule has 0 aromatic carbocycles. The van der Waals surface area contributed by atoms with Gasteiger partial charge >= 0.3 is 12.2 Å². The molecule has 1 aromatic heterocycles. The molecule has 1 heterocycles. The molecule has 1 aliphatic rings. The molecule has 0 unspecified atom stereocenters. The lowest BCUT2D eigenvalue weighted by Gasteiger charge is -2.41. The minimum absolute atomic E-state index is 0.225. The zero-order valence-electron chi connectivity index (χ0n) is 12.4. The summed E-state index contributed by atoms with van der Waals surface area (Å²) >= 11 is 0. The summed E-state index contributed by atoms with van der Waals surface area (Å²) in [6, 6.07) is 0.334. The predicted octanol–water partition coefficient (Wildman–Crippen LogP) is 3.53. The number of nitrogens with one attached hydrogen (secondary N) is 2. The monoisotopic (exact) mass is 340 g/mol. The van der Waals surface area contributed by atoms with Crippen molar-refractivity contribution in [1.29, 1.82) is 0 Å². The van der Waals surface area contributed by atoms with Gasteiger partial charge in [0.25, 0.3) is 0 Å². The highest BCUT2D eigenvalue weighted by Gasteiger charge is 2.59. The molecule has 1 saturated carbocycles. The molecule has 10 heteroatoms. The summed E-state index contributed by atoms with van der Waals surface area (Å²) < 4.78 is 67.7. The summed E-state index contributed by atoms with van der Waals surface area (Å²) in [6.45, 7) is 2.16. The van der Waals surface area contributed by atoms with Crippen molar-refractivity contribution in [2.75, 3.05) is 5.32 Å². The number of aromatic nitrogens is 2. The molecule has 0 spiro atoms. The van der Waals surface area contributed by atoms with Gasteiger partial charge in [-0.15, -0.1) is 0 Å². The first-order chi connectivity index (χ1) is 10.6. The number of hydrogen-bond acceptors (Lipinski definition) is 2. The Kier molecular flexibility index (Phi) is 4.54. The summed E-state index contributed by atoms with van der Waals surface area (Å²) in [5, 5.41) is 7.99. The third kappa shape index (κ3) is 3.73. The van der Waals surface area contributed by atoms with E-state index >= 15 is 0 Å². The van der Waals surface area contributed by atoms with E-state index in [2.05, 4.69) is 10.4 Å². The fourth-order valence-corrected chi connectivity index (χ4v) is 2.58. The van der Waals surface area contributed by atoms with Gasteiger partial charge in [0.15, 0.2) is 0 Å². The number of aryl methyl sites for hydroxylation is 1. The van der Waals surface area contributed by atoms with Gasteiger partial charge in [-0.3, -0.25) is 5.32 Å². The Labute approximate surface area is 129 Å². The van der Waals surface area contributed by atoms with Gasteiger partial charge in [0, 0.05) is 25.5 Å². The van der Waals surface area contributed by atoms with Crippen molar-refractivity contribution in [3.8, 4) is 0 Å². The number of alkyl halides is 5. The van der Waals surface area contributed by atoms with Crippen LogP contribution >= 0.6 is 0 Å². The van der Waals surface area contributed by atoms with E-state index < -0.39 is 49.4 Å². The SMILES string of the molecule is CCn1nccc1NC(=O)NC1(C(F)(F)F)CCC(F)(F)CC1. The van der Waals surface area contributed by atoms with E-state index in [1.807, 2.05) is 5.32 Å². The van der Waals surface area contributed by atoms with Crippen molar-refractivity contribution >= 4 is 11.8 Å². The second-order valence-electron chi connectivity index (χ2n) is 5.55. The summed E-state index contributed by atoms with van der Waals surface area (Å²) in [6.07, 6.45) is -6.97. The van der Waals surface area contributed by atoms with Crippen molar-refractivity contribution in [3.05, 3.63) is 12.3 Å². The Balaban J connectivity index is 2.11. The van der Waals surface area contributed by atoms with E-state index in [0.717, 1.165) is 0 Å². The second kappa shape index (κ2) is 5.97. The third-order valence-electron chi connectivity index (χ3n) is 3.99. The molecule has 1 aromatic rings. The number of rotatable bonds is 3. The molecule has 2 amide bonds. The van der Waals surface area contributed by atoms with Gasteiger partial charge in [-0.25, -0.2) is 18.3 Å². The number of carbonyl (C=O) groups is 1. The fraction of sp³-hybridized carbons (Fsp3) is 0.692. The molecule has 2 rings (SSSR count). The van der Waals surface area contributed by atoms with Crippen molar-refractivity contribution in [2.24, 2.45) is 0 Å². The zero-order valence-corrected chi connectivity index (χ0v) is 12.4. The second-order valence-corrected chi connectivity index (χ2v) is 5.55. The molecule has 2 N–H and O–H groups in total. The summed E-state index contributed by atoms with van der Waals surface area (Å²) in [4.78, 5) is 11.9. The van der Waals surface area contributed by atoms with Gasteiger partial charge in [0.2, 0.25) is 5.92 Å². The molecule has 0 aliphatic heterocycles. The minimum atomic E-state index is -4.81. The van der Waals surface area contributed by atoms with Crippen molar-refractivity contribution < 1.29 is 26.7 Å². The Bertz CT molecular complexity index is 559. The van der Waals surface area contributed by atoms with E-state index in [0.29, 0.717) is 6.54 Å². The molecule has 130 valence electrons. The molecule has 0 bridgehead atoms. The molecule has 0 saturated heterocycles. The third-order valence-corrected chi connectivity index (χ3v) is 3.99. The first-order valence-electron chi connectivity index (χ1n) is 7.14. The first kappa shape index (κ1) is 17.5. The van der Waals surface area contributed by atoms with Crippen LogP contribution in [0.2, 0.25) is 0 Å². The maximum atomic E-state index is 13.3. The largest absolute Gasteiger partial charge is 0.411 e. The molecular formula is C13H17F5N4O. The highest BCUT2D eigenvalue weighted by atomic mass is 19.4. The number of carbonyl (C=O) groups excluding carboxylic acids is 1. The topological polar surface area (TPSA) is 59.0 Å². The van der Waals surface area contributed by atoms with Crippen LogP contribution in [0.4, 0.5) is 32.6 Å². The van der Waals surface area contributed by atoms with Gasteiger partial charge in [0.05, 0.1) is 6.20 Å². The van der Waals surface area contributed by atoms with Crippen molar-refractivity contribution in [1.82, 2.24) is 15.1 Å². The smallest absolute Gasteiger partial charge is 0.323 e. The Morgan fingerprint density at radius 2 is 1.91 bits per heavy atom. The van der Waals surface area contributed by atoms with E-state index in [-0.39, 0.29) is 5.82 Å². The van der Waals surface area contributed by atoms with Gasteiger partial charge < -0.3 is 5.32 Å². The van der Waals surface area contributed by atoms with Crippen LogP contribution in [0.1, 0.15) is 32.6 Å². The Hall–Kier alpha value is -1.87. The Morgan fingerprint density at radius 1 is 1.30 bits per heavy atom. The normalized spacial score (nSPS) is 20.1. The Morgan fingerprint density at radius 3 is 2.43 bits per heavy atom. The van der Waals surface area contributed by atoms with Gasteiger partial charge in [-0.05, 0) is 19.8 Å². The lowest BCUT2D eigenvalue weighted by molar-refractivity contribution is -0.215. The summed E-state index contributed by atoms with van der Waals surface area (Å²) in [5.74, 6) is -2.91. The molecular weight excluding hydrogens is 323 g/mol. The summed E-state index contributed by atoms with van der Waals surface area (Å²) in [7, 11) is 0. The maximum absolute atomic E-state index is 13.3. The summed E-state index contributed by atoms with van der Waals surface area (Å²) in [5.41, 5.74) is -2.64. The average Bonchev–Trinajstić information content (AvgIpc) is 2.87. The van der Waals surface area contributed by atoms with Crippen LogP contribution in [0.15, 0.2) is 12.3 Å². The maximum Gasteiger partial charge on any atom is 0.411 e. The number of halogens is 5. The number of hydrogen-bond donors (Lipinski definition) is 2. The molecule has 1 fully saturated rings. The molecule has 1 aliphatic carbocycles. The van der Waals surface area contributed by atoms with Crippen LogP contribution in [0.25, 0.3) is 0 Å². The minimum Gasteiger partial charge on any atom is -0.323 e. The number of urea groups is 1. The highest BCUT2D eigenvalue weighted by Crippen LogP contribution is 2.46. The van der Waals surface area contributed by atoms with Gasteiger partial charge in [-0.1, -0.05) is 0 Å². The van der Waals surface area contributed by atoms with Crippen LogP contribution in [0.5, 0.6) is 0 Å². The van der Waals surface area contributed by atoms with Crippen molar-refractivity contribution in [3.63, 3.8) is 0 Å². The molecule has 0 radical (unpaired) electrons. The number of amides is 2. The number of nitrogens with zero attached hydrogens (tertiary/aromatic N) is 2. The highest BCUT2D eigenvalue weighted by molar-refractivity contribution is 5.89. The van der Waals surface area contributed by atoms with E-state index in [1.54, 1.807) is 6.92 Å². The molecule has 0 atom stereocenters. The van der Waals surface area contributed by atoms with Crippen LogP contribution < -0.4 is 10.6 Å². The standard InChI is InChI=1S/C13H17F5N4O/c1-2-22-9(3-8-19-22)20-10(23)21-11(13(16,17)18)4-6-12(14,15)7-5-11/h3,8H,2,4-7H2,1H3,(H2,20,21,23). The van der Waals surface area contributed by atoms with Crippen LogP contribution in [0.3, 0.4) is 0 Å². The van der Waals surface area contributed by atoms with Crippen molar-refractivity contribution in [2.45, 2.75) is 56.8 Å². The number of anilines is 1. The first-order valence-corrected chi connectivity index (χ1v) is 7.14. The quantitative estimate of drug-likeness (QED) is 0.827. The van der Waals surface area contributed by atoms with Crippen LogP contribution in [-0.4, -0.2) is 33.4 Å². The van der Waals surface area contributed by atoms with Crippen LogP contribution in [-0.2, 0) is 6.54 Å². The lowest BCUT2D eigenvalue weighted by Crippen LogP contribution is -2.62. The van der Waals surface area contributed by atoms with E-state index in [4.69, 9.17) is 0 Å². The predicted molar refractivity (Wildman–Crippen MR) is 72.3 cm³/mol. The zero-order chi connectivity index (χ0) is 17.3. The molecule has 23 heavy (non-hydrogen) atoms. The van der Waals surface area contributed by atoms with Gasteiger partial charge in [0.1, 0.15) is 11.4 Å². The van der Waals surface area contributed by atoms with E-state index in [9.17, 15) is 26.7 Å². The van der Waals surface area contributed by atoms with E-state index in [1.165, 1.54) is 16.9 Å². The lowest BCUT2D eigenvalue weighted by atomic mass is 9.79.